The summed E-state index contributed by atoms with van der Waals surface area (Å²) >= 11 is 12.3. The zero-order valence-electron chi connectivity index (χ0n) is 16.5. The smallest absolute Gasteiger partial charge is 0.296 e. The molecule has 0 aliphatic carbocycles. The zero-order chi connectivity index (χ0) is 22.3. The fraction of sp³-hybridized carbons (Fsp3) is 0.182. The van der Waals surface area contributed by atoms with E-state index in [2.05, 4.69) is 0 Å². The van der Waals surface area contributed by atoms with Crippen LogP contribution in [0.5, 0.6) is 5.75 Å². The summed E-state index contributed by atoms with van der Waals surface area (Å²) in [7, 11) is 1.37. The summed E-state index contributed by atoms with van der Waals surface area (Å²) in [6.45, 7) is 1.74. The van der Waals surface area contributed by atoms with Gasteiger partial charge in [-0.25, -0.2) is 0 Å². The Morgan fingerprint density at radius 2 is 2.00 bits per heavy atom. The molecule has 1 unspecified atom stereocenters. The van der Waals surface area contributed by atoms with Crippen LogP contribution in [-0.2, 0) is 16.1 Å². The summed E-state index contributed by atoms with van der Waals surface area (Å²) in [6, 6.07) is 8.59. The van der Waals surface area contributed by atoms with Crippen molar-refractivity contribution in [2.24, 2.45) is 0 Å². The van der Waals surface area contributed by atoms with Crippen molar-refractivity contribution >= 4 is 40.7 Å². The van der Waals surface area contributed by atoms with Gasteiger partial charge in [-0.15, -0.1) is 0 Å². The molecule has 4 rings (SSSR count). The van der Waals surface area contributed by atoms with E-state index in [4.69, 9.17) is 36.8 Å². The van der Waals surface area contributed by atoms with E-state index < -0.39 is 23.5 Å². The predicted octanol–water partition coefficient (Wildman–Crippen LogP) is 5.12. The van der Waals surface area contributed by atoms with Crippen molar-refractivity contribution in [3.8, 4) is 5.75 Å². The van der Waals surface area contributed by atoms with Gasteiger partial charge in [0.05, 0.1) is 36.1 Å². The number of amides is 1. The quantitative estimate of drug-likeness (QED) is 0.322. The summed E-state index contributed by atoms with van der Waals surface area (Å²) in [6.07, 6.45) is 1.47. The Balaban J connectivity index is 1.92. The number of ether oxygens (including phenoxy) is 1. The molecule has 2 aromatic heterocycles. The molecule has 1 aromatic carbocycles. The maximum Gasteiger partial charge on any atom is 0.296 e. The molecule has 1 fully saturated rings. The fourth-order valence-electron chi connectivity index (χ4n) is 3.60. The Morgan fingerprint density at radius 3 is 2.61 bits per heavy atom. The first-order chi connectivity index (χ1) is 14.8. The number of Topliss-reactive ketones (excluding diaryl/α,β-unsaturated/α-hetero) is 1. The zero-order valence-corrected chi connectivity index (χ0v) is 18.0. The number of benzene rings is 1. The molecule has 31 heavy (non-hydrogen) atoms. The minimum absolute atomic E-state index is 0.00616. The molecule has 0 spiro atoms. The number of likely N-dealkylation sites (tertiary alicyclic amines) is 1. The van der Waals surface area contributed by atoms with Gasteiger partial charge in [0.2, 0.25) is 0 Å². The second-order valence-corrected chi connectivity index (χ2v) is 7.77. The maximum atomic E-state index is 13.0. The Morgan fingerprint density at radius 1 is 1.23 bits per heavy atom. The summed E-state index contributed by atoms with van der Waals surface area (Å²) in [5.74, 6) is -0.654. The minimum Gasteiger partial charge on any atom is -0.507 e. The van der Waals surface area contributed by atoms with Crippen LogP contribution in [0.15, 0.2) is 57.1 Å². The lowest BCUT2D eigenvalue weighted by Crippen LogP contribution is -2.28. The maximum absolute atomic E-state index is 13.0. The lowest BCUT2D eigenvalue weighted by atomic mass is 9.98. The van der Waals surface area contributed by atoms with Gasteiger partial charge in [0, 0.05) is 5.02 Å². The minimum atomic E-state index is -0.985. The Bertz CT molecular complexity index is 1190. The standard InChI is InChI=1S/C22H17Cl2NO6/c1-11-5-6-16(31-11)18-17(19(26)14-8-12(23)9-15(24)21(14)29-2)20(27)22(28)25(18)10-13-4-3-7-30-13/h3-9,18,26H,10H2,1-2H3/b19-17+. The van der Waals surface area contributed by atoms with Crippen molar-refractivity contribution in [2.45, 2.75) is 19.5 Å². The monoisotopic (exact) mass is 461 g/mol. The van der Waals surface area contributed by atoms with Crippen LogP contribution in [0.4, 0.5) is 0 Å². The average molecular weight is 462 g/mol. The molecule has 3 heterocycles. The van der Waals surface area contributed by atoms with E-state index in [1.165, 1.54) is 30.4 Å². The number of furan rings is 2. The van der Waals surface area contributed by atoms with E-state index in [1.54, 1.807) is 31.2 Å². The summed E-state index contributed by atoms with van der Waals surface area (Å²) in [5, 5.41) is 11.5. The number of methoxy groups -OCH3 is 1. The van der Waals surface area contributed by atoms with Gasteiger partial charge in [-0.3, -0.25) is 9.59 Å². The highest BCUT2D eigenvalue weighted by atomic mass is 35.5. The number of aliphatic hydroxyl groups excluding tert-OH is 1. The lowest BCUT2D eigenvalue weighted by molar-refractivity contribution is -0.140. The fourth-order valence-corrected chi connectivity index (χ4v) is 4.17. The summed E-state index contributed by atoms with van der Waals surface area (Å²) in [5.41, 5.74) is -0.0770. The third-order valence-corrected chi connectivity index (χ3v) is 5.44. The molecule has 3 aromatic rings. The highest BCUT2D eigenvalue weighted by molar-refractivity contribution is 6.46. The third-order valence-electron chi connectivity index (χ3n) is 4.94. The van der Waals surface area contributed by atoms with Gasteiger partial charge in [0.25, 0.3) is 11.7 Å². The van der Waals surface area contributed by atoms with Crippen LogP contribution in [0.25, 0.3) is 5.76 Å². The third kappa shape index (κ3) is 3.71. The van der Waals surface area contributed by atoms with E-state index >= 15 is 0 Å². The van der Waals surface area contributed by atoms with Crippen LogP contribution in [0, 0.1) is 6.92 Å². The molecule has 1 saturated heterocycles. The molecular weight excluding hydrogens is 445 g/mol. The van der Waals surface area contributed by atoms with E-state index in [0.717, 1.165) is 0 Å². The van der Waals surface area contributed by atoms with Crippen molar-refractivity contribution in [2.75, 3.05) is 7.11 Å². The number of hydrogen-bond acceptors (Lipinski definition) is 6. The largest absolute Gasteiger partial charge is 0.507 e. The second-order valence-electron chi connectivity index (χ2n) is 6.92. The topological polar surface area (TPSA) is 93.1 Å². The van der Waals surface area contributed by atoms with Crippen molar-refractivity contribution in [3.63, 3.8) is 0 Å². The van der Waals surface area contributed by atoms with Crippen molar-refractivity contribution in [1.29, 1.82) is 0 Å². The molecule has 1 N–H and O–H groups in total. The molecule has 0 radical (unpaired) electrons. The van der Waals surface area contributed by atoms with Crippen molar-refractivity contribution in [1.82, 2.24) is 4.90 Å². The number of rotatable bonds is 5. The van der Waals surface area contributed by atoms with E-state index in [-0.39, 0.29) is 33.5 Å². The average Bonchev–Trinajstić information content (AvgIpc) is 3.44. The number of aryl methyl sites for hydroxylation is 1. The number of hydrogen-bond donors (Lipinski definition) is 1. The first-order valence-corrected chi connectivity index (χ1v) is 9.98. The SMILES string of the molecule is COc1c(Cl)cc(Cl)cc1/C(O)=C1\C(=O)C(=O)N(Cc2ccco2)C1c1ccc(C)o1. The number of aliphatic hydroxyl groups is 1. The molecule has 7 nitrogen and oxygen atoms in total. The van der Waals surface area contributed by atoms with Crippen LogP contribution in [0.1, 0.15) is 28.9 Å². The van der Waals surface area contributed by atoms with E-state index in [9.17, 15) is 14.7 Å². The molecule has 1 amide bonds. The normalized spacial score (nSPS) is 18.1. The highest BCUT2D eigenvalue weighted by Crippen LogP contribution is 2.44. The van der Waals surface area contributed by atoms with Crippen molar-refractivity contribution < 1.29 is 28.3 Å². The molecule has 1 atom stereocenters. The first kappa shape index (κ1) is 21.1. The van der Waals surface area contributed by atoms with Crippen LogP contribution in [0.2, 0.25) is 10.0 Å². The lowest BCUT2D eigenvalue weighted by Gasteiger charge is -2.22. The number of ketones is 1. The molecular formula is C22H17Cl2NO6. The van der Waals surface area contributed by atoms with Crippen LogP contribution >= 0.6 is 23.2 Å². The van der Waals surface area contributed by atoms with Gasteiger partial charge in [0.1, 0.15) is 34.8 Å². The summed E-state index contributed by atoms with van der Waals surface area (Å²) < 4.78 is 16.4. The summed E-state index contributed by atoms with van der Waals surface area (Å²) in [4.78, 5) is 27.2. The first-order valence-electron chi connectivity index (χ1n) is 9.22. The number of halogens is 2. The van der Waals surface area contributed by atoms with Crippen molar-refractivity contribution in [3.05, 3.63) is 81.1 Å². The molecule has 1 aliphatic heterocycles. The molecule has 160 valence electrons. The van der Waals surface area contributed by atoms with Gasteiger partial charge >= 0.3 is 0 Å². The van der Waals surface area contributed by atoms with Crippen LogP contribution in [-0.4, -0.2) is 28.8 Å². The van der Waals surface area contributed by atoms with Gasteiger partial charge in [-0.1, -0.05) is 23.2 Å². The predicted molar refractivity (Wildman–Crippen MR) is 113 cm³/mol. The van der Waals surface area contributed by atoms with E-state index in [1.807, 2.05) is 0 Å². The van der Waals surface area contributed by atoms with E-state index in [0.29, 0.717) is 17.3 Å². The van der Waals surface area contributed by atoms with Crippen LogP contribution < -0.4 is 4.74 Å². The number of carbonyl (C=O) groups is 2. The molecule has 0 saturated carbocycles. The Kier molecular flexibility index (Phi) is 5.56. The Hall–Kier alpha value is -3.16. The second kappa shape index (κ2) is 8.17. The molecule has 0 bridgehead atoms. The van der Waals surface area contributed by atoms with Gasteiger partial charge < -0.3 is 23.6 Å². The van der Waals surface area contributed by atoms with Gasteiger partial charge in [0.15, 0.2) is 0 Å². The molecule has 1 aliphatic rings. The number of carbonyl (C=O) groups excluding carboxylic acids is 2. The van der Waals surface area contributed by atoms with Gasteiger partial charge in [-0.05, 0) is 43.3 Å². The molecule has 9 heteroatoms. The highest BCUT2D eigenvalue weighted by Gasteiger charge is 2.48. The van der Waals surface area contributed by atoms with Gasteiger partial charge in [-0.2, -0.15) is 0 Å². The van der Waals surface area contributed by atoms with Crippen LogP contribution in [0.3, 0.4) is 0 Å². The number of nitrogens with zero attached hydrogens (tertiary/aromatic N) is 1. The Labute approximate surface area is 187 Å².